The number of carbonyl (C=O) groups is 2. The number of hydrogen-bond donors (Lipinski definition) is 0. The Labute approximate surface area is 400 Å². The van der Waals surface area contributed by atoms with Crippen LogP contribution in [-0.4, -0.2) is 98.7 Å². The number of carbonyl (C=O) groups excluding carboxylic acids is 2. The van der Waals surface area contributed by atoms with Gasteiger partial charge in [-0.2, -0.15) is 0 Å². The summed E-state index contributed by atoms with van der Waals surface area (Å²) in [6, 6.07) is 0. The molecule has 0 aromatic heterocycles. The molecule has 0 atom stereocenters. The Morgan fingerprint density at radius 2 is 0.407 bits per heavy atom. The molecule has 0 aromatic rings. The van der Waals surface area contributed by atoms with E-state index >= 15 is 0 Å². The van der Waals surface area contributed by atoms with Gasteiger partial charge in [-0.1, -0.05) is 259 Å². The third-order valence-electron chi connectivity index (χ3n) is 12.0. The Bertz CT molecular complexity index is 689. The number of hydrogen-bond acceptors (Lipinski definition) is 6. The molecule has 0 saturated heterocycles. The normalized spacial score (nSPS) is 11.2. The smallest absolute Gasteiger partial charge is 0.549 e. The summed E-state index contributed by atoms with van der Waals surface area (Å²) in [4.78, 5) is 26.2. The predicted octanol–water partition coefficient (Wildman–Crippen LogP) is 13.4. The van der Waals surface area contributed by atoms with E-state index in [0.717, 1.165) is 51.9 Å². The Morgan fingerprint density at radius 3 is 0.542 bits per heavy atom. The molecular weight excluding hydrogens is 757 g/mol. The van der Waals surface area contributed by atoms with E-state index in [1.165, 1.54) is 231 Å². The van der Waals surface area contributed by atoms with Gasteiger partial charge in [-0.3, -0.25) is 9.80 Å². The topological polar surface area (TPSA) is 86.7 Å². The molecule has 348 valence electrons. The first-order valence-electron chi connectivity index (χ1n) is 26.2. The van der Waals surface area contributed by atoms with Crippen LogP contribution in [-0.2, 0) is 9.59 Å². The number of carboxylic acid groups (broad SMARTS) is 2. The maximum Gasteiger partial charge on any atom is 2.00 e. The van der Waals surface area contributed by atoms with Crippen LogP contribution < -0.4 is 10.2 Å². The van der Waals surface area contributed by atoms with Gasteiger partial charge in [0.25, 0.3) is 0 Å². The van der Waals surface area contributed by atoms with Crippen molar-refractivity contribution in [3.05, 3.63) is 0 Å². The fraction of sp³-hybridized carbons (Fsp3) is 0.962. The fourth-order valence-corrected chi connectivity index (χ4v) is 8.20. The zero-order valence-corrected chi connectivity index (χ0v) is 43.0. The second-order valence-electron chi connectivity index (χ2n) is 18.0. The molecule has 6 nitrogen and oxygen atoms in total. The van der Waals surface area contributed by atoms with Gasteiger partial charge in [0.05, 0.1) is 11.9 Å². The second-order valence-corrected chi connectivity index (χ2v) is 18.0. The Balaban J connectivity index is -0.00000105. The van der Waals surface area contributed by atoms with Gasteiger partial charge in [0.1, 0.15) is 0 Å². The maximum atomic E-state index is 11.0. The van der Waals surface area contributed by atoms with Gasteiger partial charge in [-0.15, -0.1) is 0 Å². The SMILES string of the molecule is CCCCCCCCCCCCN(CCCCCCCCCCCC)CC(=O)[O-].CCCCCCCCCCCCN(CCCCCCCCCCCC)CC(=O)[O-].[Ca+2]. The summed E-state index contributed by atoms with van der Waals surface area (Å²) < 4.78 is 0. The summed E-state index contributed by atoms with van der Waals surface area (Å²) in [5.41, 5.74) is 0. The number of rotatable bonds is 48. The molecule has 0 aliphatic heterocycles. The van der Waals surface area contributed by atoms with Crippen molar-refractivity contribution < 1.29 is 19.8 Å². The van der Waals surface area contributed by atoms with Crippen LogP contribution in [0.1, 0.15) is 285 Å². The number of unbranched alkanes of at least 4 members (excludes halogenated alkanes) is 36. The average molecular weight is 861 g/mol. The van der Waals surface area contributed by atoms with Crippen LogP contribution in [0.25, 0.3) is 0 Å². The van der Waals surface area contributed by atoms with Gasteiger partial charge in [0, 0.05) is 13.1 Å². The van der Waals surface area contributed by atoms with Gasteiger partial charge in [0.15, 0.2) is 0 Å². The first-order chi connectivity index (χ1) is 28.4. The molecule has 0 N–H and O–H groups in total. The van der Waals surface area contributed by atoms with Crippen LogP contribution >= 0.6 is 0 Å². The zero-order valence-electron chi connectivity index (χ0n) is 40.8. The summed E-state index contributed by atoms with van der Waals surface area (Å²) in [7, 11) is 0. The van der Waals surface area contributed by atoms with E-state index in [-0.39, 0.29) is 50.8 Å². The predicted molar refractivity (Wildman–Crippen MR) is 256 cm³/mol. The molecule has 0 amide bonds. The molecule has 0 bridgehead atoms. The molecule has 59 heavy (non-hydrogen) atoms. The van der Waals surface area contributed by atoms with Gasteiger partial charge in [-0.25, -0.2) is 0 Å². The molecular formula is C52H104CaN2O4. The van der Waals surface area contributed by atoms with Gasteiger partial charge >= 0.3 is 37.7 Å². The molecule has 0 saturated carbocycles. The van der Waals surface area contributed by atoms with E-state index in [1.54, 1.807) is 0 Å². The van der Waals surface area contributed by atoms with Crippen LogP contribution in [0.5, 0.6) is 0 Å². The zero-order chi connectivity index (χ0) is 42.8. The first-order valence-corrected chi connectivity index (χ1v) is 26.2. The Kier molecular flexibility index (Phi) is 60.3. The molecule has 0 spiro atoms. The number of aliphatic carboxylic acids is 2. The standard InChI is InChI=1S/2C26H53NO2.Ca/c2*1-3-5-7-9-11-13-15-17-19-21-23-27(25-26(28)29)24-22-20-18-16-14-12-10-8-6-4-2;/h2*3-25H2,1-2H3,(H,28,29);/q;;+2/p-2. The minimum Gasteiger partial charge on any atom is -0.549 e. The van der Waals surface area contributed by atoms with Crippen molar-refractivity contribution in [2.75, 3.05) is 39.3 Å². The van der Waals surface area contributed by atoms with Crippen molar-refractivity contribution in [1.29, 1.82) is 0 Å². The van der Waals surface area contributed by atoms with Crippen LogP contribution in [0.4, 0.5) is 0 Å². The average Bonchev–Trinajstić information content (AvgIpc) is 3.20. The number of carboxylic acids is 2. The summed E-state index contributed by atoms with van der Waals surface area (Å²) in [6.07, 6.45) is 53.0. The summed E-state index contributed by atoms with van der Waals surface area (Å²) >= 11 is 0. The number of nitrogens with zero attached hydrogens (tertiary/aromatic N) is 2. The molecule has 0 aromatic carbocycles. The molecule has 7 heteroatoms. The van der Waals surface area contributed by atoms with Crippen molar-refractivity contribution in [1.82, 2.24) is 9.80 Å². The Hall–Kier alpha value is 0.120. The molecule has 0 rings (SSSR count). The molecule has 0 fully saturated rings. The molecule has 0 radical (unpaired) electrons. The fourth-order valence-electron chi connectivity index (χ4n) is 8.20. The summed E-state index contributed by atoms with van der Waals surface area (Å²) in [5.74, 6) is -1.85. The van der Waals surface area contributed by atoms with E-state index in [2.05, 4.69) is 37.5 Å². The van der Waals surface area contributed by atoms with Gasteiger partial charge in [-0.05, 0) is 51.9 Å². The molecule has 0 aliphatic rings. The minimum absolute atomic E-state index is 0. The van der Waals surface area contributed by atoms with Crippen molar-refractivity contribution >= 4 is 49.7 Å². The van der Waals surface area contributed by atoms with E-state index in [4.69, 9.17) is 0 Å². The quantitative estimate of drug-likeness (QED) is 0.0447. The summed E-state index contributed by atoms with van der Waals surface area (Å²) in [6.45, 7) is 12.9. The van der Waals surface area contributed by atoms with Gasteiger partial charge in [0.2, 0.25) is 0 Å². The monoisotopic (exact) mass is 861 g/mol. The van der Waals surface area contributed by atoms with E-state index < -0.39 is 11.9 Å². The van der Waals surface area contributed by atoms with Crippen molar-refractivity contribution in [2.45, 2.75) is 285 Å². The van der Waals surface area contributed by atoms with Crippen molar-refractivity contribution in [3.63, 3.8) is 0 Å². The third-order valence-corrected chi connectivity index (χ3v) is 12.0. The third kappa shape index (κ3) is 58.1. The molecule has 0 aliphatic carbocycles. The van der Waals surface area contributed by atoms with Gasteiger partial charge < -0.3 is 19.8 Å². The van der Waals surface area contributed by atoms with Crippen molar-refractivity contribution in [2.24, 2.45) is 0 Å². The summed E-state index contributed by atoms with van der Waals surface area (Å²) in [5, 5.41) is 22.0. The first kappa shape index (κ1) is 63.4. The van der Waals surface area contributed by atoms with Crippen LogP contribution in [0.15, 0.2) is 0 Å². The van der Waals surface area contributed by atoms with Crippen LogP contribution in [0, 0.1) is 0 Å². The molecule has 0 unspecified atom stereocenters. The van der Waals surface area contributed by atoms with E-state index in [0.29, 0.717) is 0 Å². The van der Waals surface area contributed by atoms with E-state index in [9.17, 15) is 19.8 Å². The van der Waals surface area contributed by atoms with Crippen molar-refractivity contribution in [3.8, 4) is 0 Å². The van der Waals surface area contributed by atoms with Crippen LogP contribution in [0.3, 0.4) is 0 Å². The minimum atomic E-state index is -0.927. The maximum absolute atomic E-state index is 11.0. The van der Waals surface area contributed by atoms with Crippen LogP contribution in [0.2, 0.25) is 0 Å². The Morgan fingerprint density at radius 1 is 0.271 bits per heavy atom. The largest absolute Gasteiger partial charge is 2.00 e. The molecule has 0 heterocycles. The second kappa shape index (κ2) is 56.1. The van der Waals surface area contributed by atoms with E-state index in [1.807, 2.05) is 0 Å².